The van der Waals surface area contributed by atoms with E-state index in [-0.39, 0.29) is 12.1 Å². The first-order chi connectivity index (χ1) is 11.7. The van der Waals surface area contributed by atoms with Gasteiger partial charge in [0.15, 0.2) is 0 Å². The van der Waals surface area contributed by atoms with Crippen LogP contribution in [0.4, 0.5) is 4.79 Å². The summed E-state index contributed by atoms with van der Waals surface area (Å²) in [4.78, 5) is 20.2. The lowest BCUT2D eigenvalue weighted by Crippen LogP contribution is -2.49. The molecule has 128 valence electrons. The smallest absolute Gasteiger partial charge is 0.409 e. The van der Waals surface area contributed by atoms with Gasteiger partial charge in [-0.25, -0.2) is 4.79 Å². The highest BCUT2D eigenvalue weighted by Crippen LogP contribution is 2.23. The Kier molecular flexibility index (Phi) is 5.10. The van der Waals surface area contributed by atoms with Crippen LogP contribution in [0.15, 0.2) is 34.9 Å². The van der Waals surface area contributed by atoms with Crippen LogP contribution in [0.25, 0.3) is 11.4 Å². The van der Waals surface area contributed by atoms with Crippen molar-refractivity contribution in [3.05, 3.63) is 36.2 Å². The summed E-state index contributed by atoms with van der Waals surface area (Å²) < 4.78 is 10.5. The van der Waals surface area contributed by atoms with E-state index in [1.165, 1.54) is 0 Å². The number of hydrogen-bond acceptors (Lipinski definition) is 6. The molecule has 0 unspecified atom stereocenters. The van der Waals surface area contributed by atoms with Crippen LogP contribution in [-0.4, -0.2) is 58.8 Å². The molecule has 1 atom stereocenters. The van der Waals surface area contributed by atoms with E-state index in [2.05, 4.69) is 15.0 Å². The van der Waals surface area contributed by atoms with Gasteiger partial charge in [0, 0.05) is 31.7 Å². The van der Waals surface area contributed by atoms with Crippen molar-refractivity contribution in [3.63, 3.8) is 0 Å². The van der Waals surface area contributed by atoms with Gasteiger partial charge in [-0.1, -0.05) is 35.5 Å². The van der Waals surface area contributed by atoms with Gasteiger partial charge in [0.2, 0.25) is 11.7 Å². The number of carbonyl (C=O) groups is 1. The molecule has 2 aromatic rings. The van der Waals surface area contributed by atoms with E-state index in [1.54, 1.807) is 4.90 Å². The van der Waals surface area contributed by atoms with Crippen molar-refractivity contribution in [2.24, 2.45) is 0 Å². The summed E-state index contributed by atoms with van der Waals surface area (Å²) in [5.74, 6) is 1.20. The summed E-state index contributed by atoms with van der Waals surface area (Å²) in [5.41, 5.74) is 0.937. The molecule has 0 aliphatic carbocycles. The van der Waals surface area contributed by atoms with Gasteiger partial charge in [0.05, 0.1) is 12.6 Å². The average Bonchev–Trinajstić information content (AvgIpc) is 3.12. The molecule has 1 saturated heterocycles. The van der Waals surface area contributed by atoms with Crippen LogP contribution >= 0.6 is 0 Å². The lowest BCUT2D eigenvalue weighted by Gasteiger charge is -2.36. The second kappa shape index (κ2) is 7.44. The first kappa shape index (κ1) is 16.4. The second-order valence-corrected chi connectivity index (χ2v) is 5.72. The largest absolute Gasteiger partial charge is 0.450 e. The van der Waals surface area contributed by atoms with E-state index in [1.807, 2.05) is 44.2 Å². The summed E-state index contributed by atoms with van der Waals surface area (Å²) in [5, 5.41) is 4.07. The maximum Gasteiger partial charge on any atom is 0.409 e. The van der Waals surface area contributed by atoms with Gasteiger partial charge >= 0.3 is 6.09 Å². The third-order valence-electron chi connectivity index (χ3n) is 4.22. The van der Waals surface area contributed by atoms with E-state index in [9.17, 15) is 4.79 Å². The third-order valence-corrected chi connectivity index (χ3v) is 4.22. The fraction of sp³-hybridized carbons (Fsp3) is 0.471. The SMILES string of the molecule is CCOC(=O)N1CCN([C@@H](C)c2nc(-c3ccccc3)no2)CC1. The zero-order valence-electron chi connectivity index (χ0n) is 14.0. The highest BCUT2D eigenvalue weighted by Gasteiger charge is 2.28. The van der Waals surface area contributed by atoms with Crippen molar-refractivity contribution in [1.29, 1.82) is 0 Å². The fourth-order valence-electron chi connectivity index (χ4n) is 2.77. The Balaban J connectivity index is 1.61. The summed E-state index contributed by atoms with van der Waals surface area (Å²) in [6, 6.07) is 9.77. The van der Waals surface area contributed by atoms with Crippen molar-refractivity contribution >= 4 is 6.09 Å². The molecule has 1 fully saturated rings. The minimum Gasteiger partial charge on any atom is -0.450 e. The molecule has 24 heavy (non-hydrogen) atoms. The van der Waals surface area contributed by atoms with E-state index < -0.39 is 0 Å². The Labute approximate surface area is 141 Å². The van der Waals surface area contributed by atoms with E-state index in [0.29, 0.717) is 31.4 Å². The molecule has 0 spiro atoms. The van der Waals surface area contributed by atoms with Crippen LogP contribution in [-0.2, 0) is 4.74 Å². The highest BCUT2D eigenvalue weighted by atomic mass is 16.6. The molecule has 0 radical (unpaired) electrons. The summed E-state index contributed by atoms with van der Waals surface area (Å²) in [6.45, 7) is 7.05. The van der Waals surface area contributed by atoms with Gasteiger partial charge in [-0.15, -0.1) is 0 Å². The Bertz CT molecular complexity index is 665. The Morgan fingerprint density at radius 1 is 1.25 bits per heavy atom. The van der Waals surface area contributed by atoms with E-state index in [0.717, 1.165) is 18.7 Å². The summed E-state index contributed by atoms with van der Waals surface area (Å²) in [6.07, 6.45) is -0.242. The number of hydrogen-bond donors (Lipinski definition) is 0. The predicted octanol–water partition coefficient (Wildman–Crippen LogP) is 2.57. The Hall–Kier alpha value is -2.41. The lowest BCUT2D eigenvalue weighted by molar-refractivity contribution is 0.0629. The van der Waals surface area contributed by atoms with Crippen LogP contribution in [0.1, 0.15) is 25.8 Å². The standard InChI is InChI=1S/C17H22N4O3/c1-3-23-17(22)21-11-9-20(10-12-21)13(2)16-18-15(19-24-16)14-7-5-4-6-8-14/h4-8,13H,3,9-12H2,1-2H3/t13-/m0/s1. The molecule has 7 heteroatoms. The molecule has 1 aliphatic rings. The number of carbonyl (C=O) groups excluding carboxylic acids is 1. The highest BCUT2D eigenvalue weighted by molar-refractivity contribution is 5.67. The van der Waals surface area contributed by atoms with Gasteiger partial charge < -0.3 is 14.2 Å². The number of benzene rings is 1. The van der Waals surface area contributed by atoms with Crippen molar-refractivity contribution in [1.82, 2.24) is 19.9 Å². The minimum atomic E-state index is -0.242. The number of ether oxygens (including phenoxy) is 1. The van der Waals surface area contributed by atoms with E-state index in [4.69, 9.17) is 9.26 Å². The number of rotatable bonds is 4. The van der Waals surface area contributed by atoms with Gasteiger partial charge in [-0.2, -0.15) is 4.98 Å². The zero-order valence-corrected chi connectivity index (χ0v) is 14.0. The van der Waals surface area contributed by atoms with Gasteiger partial charge in [-0.3, -0.25) is 4.90 Å². The number of amides is 1. The molecule has 7 nitrogen and oxygen atoms in total. The lowest BCUT2D eigenvalue weighted by atomic mass is 10.2. The zero-order chi connectivity index (χ0) is 16.9. The van der Waals surface area contributed by atoms with Crippen LogP contribution in [0.2, 0.25) is 0 Å². The van der Waals surface area contributed by atoms with Crippen LogP contribution in [0, 0.1) is 0 Å². The Morgan fingerprint density at radius 3 is 2.62 bits per heavy atom. The number of nitrogens with zero attached hydrogens (tertiary/aromatic N) is 4. The molecule has 1 aromatic heterocycles. The van der Waals surface area contributed by atoms with Crippen LogP contribution in [0.5, 0.6) is 0 Å². The fourth-order valence-corrected chi connectivity index (χ4v) is 2.77. The monoisotopic (exact) mass is 330 g/mol. The molecule has 1 aliphatic heterocycles. The van der Waals surface area contributed by atoms with Crippen LogP contribution < -0.4 is 0 Å². The maximum atomic E-state index is 11.7. The molecular weight excluding hydrogens is 308 g/mol. The predicted molar refractivity (Wildman–Crippen MR) is 88.3 cm³/mol. The van der Waals surface area contributed by atoms with Gasteiger partial charge in [-0.05, 0) is 13.8 Å². The quantitative estimate of drug-likeness (QED) is 0.858. The van der Waals surface area contributed by atoms with Gasteiger partial charge in [0.25, 0.3) is 0 Å². The first-order valence-corrected chi connectivity index (χ1v) is 8.23. The number of aromatic nitrogens is 2. The molecule has 1 amide bonds. The maximum absolute atomic E-state index is 11.7. The molecule has 0 saturated carbocycles. The van der Waals surface area contributed by atoms with E-state index >= 15 is 0 Å². The summed E-state index contributed by atoms with van der Waals surface area (Å²) >= 11 is 0. The van der Waals surface area contributed by atoms with Crippen LogP contribution in [0.3, 0.4) is 0 Å². The molecule has 1 aromatic carbocycles. The van der Waals surface area contributed by atoms with Crippen molar-refractivity contribution < 1.29 is 14.1 Å². The first-order valence-electron chi connectivity index (χ1n) is 8.23. The van der Waals surface area contributed by atoms with Crippen molar-refractivity contribution in [2.45, 2.75) is 19.9 Å². The molecule has 3 rings (SSSR count). The second-order valence-electron chi connectivity index (χ2n) is 5.72. The van der Waals surface area contributed by atoms with Crippen molar-refractivity contribution in [2.75, 3.05) is 32.8 Å². The topological polar surface area (TPSA) is 71.7 Å². The Morgan fingerprint density at radius 2 is 1.96 bits per heavy atom. The van der Waals surface area contributed by atoms with Crippen molar-refractivity contribution in [3.8, 4) is 11.4 Å². The third kappa shape index (κ3) is 3.56. The summed E-state index contributed by atoms with van der Waals surface area (Å²) in [7, 11) is 0. The minimum absolute atomic E-state index is 0.0132. The molecule has 2 heterocycles. The molecule has 0 N–H and O–H groups in total. The molecule has 0 bridgehead atoms. The van der Waals surface area contributed by atoms with Gasteiger partial charge in [0.1, 0.15) is 0 Å². The normalized spacial score (nSPS) is 16.8. The number of piperazine rings is 1. The molecular formula is C17H22N4O3. The average molecular weight is 330 g/mol.